The molecule has 1 aromatic carbocycles. The van der Waals surface area contributed by atoms with E-state index in [-0.39, 0.29) is 23.2 Å². The van der Waals surface area contributed by atoms with Crippen LogP contribution in [0.2, 0.25) is 0 Å². The highest BCUT2D eigenvalue weighted by molar-refractivity contribution is 5.92. The standard InChI is InChI=1S/C17H19N3O3/c1-2-23-14-5-3-4-12(10-14)11-20(13-6-7-13)17(22)15-8-9-16(21)19-18-15/h3-5,8-10,13H,2,6-7,11H2,1H3,(H,19,21). The van der Waals surface area contributed by atoms with Gasteiger partial charge in [-0.05, 0) is 43.5 Å². The zero-order valence-corrected chi connectivity index (χ0v) is 13.0. The van der Waals surface area contributed by atoms with E-state index in [1.807, 2.05) is 36.1 Å². The zero-order chi connectivity index (χ0) is 16.2. The fraction of sp³-hybridized carbons (Fsp3) is 0.353. The van der Waals surface area contributed by atoms with Crippen molar-refractivity contribution in [2.45, 2.75) is 32.4 Å². The van der Waals surface area contributed by atoms with Crippen LogP contribution in [0.3, 0.4) is 0 Å². The lowest BCUT2D eigenvalue weighted by molar-refractivity contribution is 0.0722. The average Bonchev–Trinajstić information content (AvgIpc) is 3.38. The molecule has 120 valence electrons. The molecule has 0 unspecified atom stereocenters. The highest BCUT2D eigenvalue weighted by Crippen LogP contribution is 2.30. The summed E-state index contributed by atoms with van der Waals surface area (Å²) in [6.07, 6.45) is 2.00. The van der Waals surface area contributed by atoms with E-state index in [0.717, 1.165) is 24.2 Å². The molecule has 1 aliphatic carbocycles. The molecule has 6 nitrogen and oxygen atoms in total. The summed E-state index contributed by atoms with van der Waals surface area (Å²) in [5, 5.41) is 6.16. The molecule has 0 spiro atoms. The normalized spacial score (nSPS) is 13.6. The number of benzene rings is 1. The lowest BCUT2D eigenvalue weighted by Crippen LogP contribution is -2.33. The second-order valence-electron chi connectivity index (χ2n) is 5.55. The van der Waals surface area contributed by atoms with Crippen molar-refractivity contribution in [3.63, 3.8) is 0 Å². The number of ether oxygens (including phenoxy) is 1. The fourth-order valence-corrected chi connectivity index (χ4v) is 2.46. The number of H-pyrrole nitrogens is 1. The van der Waals surface area contributed by atoms with Crippen LogP contribution in [0, 0.1) is 0 Å². The molecule has 0 aliphatic heterocycles. The first-order chi connectivity index (χ1) is 11.2. The Morgan fingerprint density at radius 3 is 2.83 bits per heavy atom. The van der Waals surface area contributed by atoms with Gasteiger partial charge in [-0.15, -0.1) is 0 Å². The first kappa shape index (κ1) is 15.3. The molecule has 0 atom stereocenters. The van der Waals surface area contributed by atoms with Crippen molar-refractivity contribution >= 4 is 5.91 Å². The van der Waals surface area contributed by atoms with Gasteiger partial charge in [0, 0.05) is 18.7 Å². The molecule has 3 rings (SSSR count). The van der Waals surface area contributed by atoms with E-state index >= 15 is 0 Å². The topological polar surface area (TPSA) is 75.3 Å². The van der Waals surface area contributed by atoms with Gasteiger partial charge in [0.1, 0.15) is 11.4 Å². The van der Waals surface area contributed by atoms with Crippen molar-refractivity contribution in [1.29, 1.82) is 0 Å². The predicted octanol–water partition coefficient (Wildman–Crippen LogP) is 1.97. The minimum atomic E-state index is -0.316. The number of nitrogens with one attached hydrogen (secondary N) is 1. The highest BCUT2D eigenvalue weighted by Gasteiger charge is 2.33. The Bertz CT molecular complexity index is 732. The van der Waals surface area contributed by atoms with Crippen LogP contribution in [0.4, 0.5) is 0 Å². The maximum absolute atomic E-state index is 12.7. The molecule has 1 fully saturated rings. The molecular weight excluding hydrogens is 294 g/mol. The number of hydrogen-bond donors (Lipinski definition) is 1. The van der Waals surface area contributed by atoms with Gasteiger partial charge < -0.3 is 9.64 Å². The maximum Gasteiger partial charge on any atom is 0.274 e. The lowest BCUT2D eigenvalue weighted by Gasteiger charge is -2.22. The van der Waals surface area contributed by atoms with Crippen molar-refractivity contribution in [3.05, 3.63) is 58.0 Å². The van der Waals surface area contributed by atoms with Gasteiger partial charge in [-0.2, -0.15) is 5.10 Å². The molecule has 0 bridgehead atoms. The first-order valence-electron chi connectivity index (χ1n) is 7.76. The van der Waals surface area contributed by atoms with Crippen molar-refractivity contribution in [2.24, 2.45) is 0 Å². The monoisotopic (exact) mass is 313 g/mol. The van der Waals surface area contributed by atoms with Gasteiger partial charge >= 0.3 is 0 Å². The minimum absolute atomic E-state index is 0.162. The van der Waals surface area contributed by atoms with E-state index in [9.17, 15) is 9.59 Å². The van der Waals surface area contributed by atoms with Crippen LogP contribution in [0.25, 0.3) is 0 Å². The van der Waals surface area contributed by atoms with Crippen LogP contribution < -0.4 is 10.3 Å². The second kappa shape index (κ2) is 6.64. The predicted molar refractivity (Wildman–Crippen MR) is 85.4 cm³/mol. The summed E-state index contributed by atoms with van der Waals surface area (Å²) in [5.74, 6) is 0.640. The molecule has 6 heteroatoms. The summed E-state index contributed by atoms with van der Waals surface area (Å²) < 4.78 is 5.51. The Hall–Kier alpha value is -2.63. The molecule has 1 amide bonds. The summed E-state index contributed by atoms with van der Waals surface area (Å²) in [7, 11) is 0. The summed E-state index contributed by atoms with van der Waals surface area (Å²) in [5.41, 5.74) is 0.960. The van der Waals surface area contributed by atoms with E-state index in [2.05, 4.69) is 10.2 Å². The van der Waals surface area contributed by atoms with Crippen LogP contribution in [0.15, 0.2) is 41.2 Å². The highest BCUT2D eigenvalue weighted by atomic mass is 16.5. The van der Waals surface area contributed by atoms with Crippen molar-refractivity contribution in [3.8, 4) is 5.75 Å². The van der Waals surface area contributed by atoms with Crippen molar-refractivity contribution in [1.82, 2.24) is 15.1 Å². The van der Waals surface area contributed by atoms with E-state index in [1.165, 1.54) is 12.1 Å². The molecule has 1 heterocycles. The molecule has 2 aromatic rings. The van der Waals surface area contributed by atoms with Crippen LogP contribution in [-0.2, 0) is 6.54 Å². The van der Waals surface area contributed by atoms with Gasteiger partial charge in [-0.25, -0.2) is 5.10 Å². The Labute approximate surface area is 134 Å². The molecule has 23 heavy (non-hydrogen) atoms. The number of nitrogens with zero attached hydrogens (tertiary/aromatic N) is 2. The third kappa shape index (κ3) is 3.77. The minimum Gasteiger partial charge on any atom is -0.494 e. The van der Waals surface area contributed by atoms with Crippen molar-refractivity contribution in [2.75, 3.05) is 6.61 Å². The second-order valence-corrected chi connectivity index (χ2v) is 5.55. The number of amides is 1. The van der Waals surface area contributed by atoms with Crippen LogP contribution in [0.1, 0.15) is 35.8 Å². The Morgan fingerprint density at radius 1 is 1.35 bits per heavy atom. The quantitative estimate of drug-likeness (QED) is 0.885. The SMILES string of the molecule is CCOc1cccc(CN(C(=O)c2ccc(=O)[nH]n2)C2CC2)c1. The van der Waals surface area contributed by atoms with Crippen molar-refractivity contribution < 1.29 is 9.53 Å². The van der Waals surface area contributed by atoms with Gasteiger partial charge in [-0.1, -0.05) is 12.1 Å². The van der Waals surface area contributed by atoms with Gasteiger partial charge in [-0.3, -0.25) is 9.59 Å². The number of carbonyl (C=O) groups is 1. The molecule has 0 radical (unpaired) electrons. The average molecular weight is 313 g/mol. The third-order valence-electron chi connectivity index (χ3n) is 3.71. The lowest BCUT2D eigenvalue weighted by atomic mass is 10.2. The van der Waals surface area contributed by atoms with E-state index in [4.69, 9.17) is 4.74 Å². The number of carbonyl (C=O) groups excluding carboxylic acids is 1. The fourth-order valence-electron chi connectivity index (χ4n) is 2.46. The number of rotatable bonds is 6. The Kier molecular flexibility index (Phi) is 4.41. The summed E-state index contributed by atoms with van der Waals surface area (Å²) in [4.78, 5) is 25.6. The molecule has 1 aromatic heterocycles. The Balaban J connectivity index is 1.79. The van der Waals surface area contributed by atoms with Crippen LogP contribution in [-0.4, -0.2) is 33.7 Å². The molecule has 1 saturated carbocycles. The summed E-state index contributed by atoms with van der Waals surface area (Å²) >= 11 is 0. The van der Waals surface area contributed by atoms with Gasteiger partial charge in [0.05, 0.1) is 6.61 Å². The summed E-state index contributed by atoms with van der Waals surface area (Å²) in [6, 6.07) is 10.8. The summed E-state index contributed by atoms with van der Waals surface area (Å²) in [6.45, 7) is 3.05. The van der Waals surface area contributed by atoms with E-state index in [1.54, 1.807) is 0 Å². The largest absolute Gasteiger partial charge is 0.494 e. The van der Waals surface area contributed by atoms with Gasteiger partial charge in [0.2, 0.25) is 0 Å². The van der Waals surface area contributed by atoms with Gasteiger partial charge in [0.15, 0.2) is 0 Å². The van der Waals surface area contributed by atoms with E-state index < -0.39 is 0 Å². The van der Waals surface area contributed by atoms with E-state index in [0.29, 0.717) is 13.2 Å². The first-order valence-corrected chi connectivity index (χ1v) is 7.76. The zero-order valence-electron chi connectivity index (χ0n) is 13.0. The number of aromatic amines is 1. The molecule has 1 N–H and O–H groups in total. The van der Waals surface area contributed by atoms with Crippen LogP contribution in [0.5, 0.6) is 5.75 Å². The third-order valence-corrected chi connectivity index (χ3v) is 3.71. The van der Waals surface area contributed by atoms with Gasteiger partial charge in [0.25, 0.3) is 11.5 Å². The number of hydrogen-bond acceptors (Lipinski definition) is 4. The van der Waals surface area contributed by atoms with Crippen LogP contribution >= 0.6 is 0 Å². The molecule has 0 saturated heterocycles. The molecule has 1 aliphatic rings. The maximum atomic E-state index is 12.7. The molecular formula is C17H19N3O3. The number of aromatic nitrogens is 2. The smallest absolute Gasteiger partial charge is 0.274 e. The Morgan fingerprint density at radius 2 is 2.17 bits per heavy atom.